The Hall–Kier alpha value is -2.28. The van der Waals surface area contributed by atoms with E-state index in [9.17, 15) is 9.59 Å². The molecule has 30 heavy (non-hydrogen) atoms. The minimum Gasteiger partial charge on any atom is -0.312 e. The van der Waals surface area contributed by atoms with Gasteiger partial charge in [0.25, 0.3) is 5.91 Å². The van der Waals surface area contributed by atoms with Crippen molar-refractivity contribution in [3.05, 3.63) is 34.8 Å². The average molecular weight is 423 g/mol. The molecule has 2 aromatic rings. The minimum absolute atomic E-state index is 0.151. The van der Waals surface area contributed by atoms with E-state index in [1.54, 1.807) is 28.4 Å². The van der Waals surface area contributed by atoms with Crippen LogP contribution in [0.4, 0.5) is 10.8 Å². The highest BCUT2D eigenvalue weighted by atomic mass is 32.1. The number of anilines is 2. The van der Waals surface area contributed by atoms with Gasteiger partial charge in [0, 0.05) is 29.6 Å². The molecule has 0 spiro atoms. The number of carbonyl (C=O) groups is 2. The van der Waals surface area contributed by atoms with E-state index in [0.717, 1.165) is 41.4 Å². The largest absolute Gasteiger partial charge is 0.312 e. The second-order valence-corrected chi connectivity index (χ2v) is 10.7. The Morgan fingerprint density at radius 3 is 2.30 bits per heavy atom. The third kappa shape index (κ3) is 3.06. The molecule has 156 valence electrons. The van der Waals surface area contributed by atoms with Crippen LogP contribution < -0.4 is 10.2 Å². The molecule has 6 nitrogen and oxygen atoms in total. The quantitative estimate of drug-likeness (QED) is 0.793. The number of nitrogens with zero attached hydrogens (tertiary/aromatic N) is 3. The fourth-order valence-corrected chi connectivity index (χ4v) is 7.70. The zero-order valence-electron chi connectivity index (χ0n) is 17.0. The van der Waals surface area contributed by atoms with Crippen LogP contribution in [0.25, 0.3) is 0 Å². The van der Waals surface area contributed by atoms with Gasteiger partial charge >= 0.3 is 0 Å². The molecule has 0 atom stereocenters. The van der Waals surface area contributed by atoms with Gasteiger partial charge < -0.3 is 4.90 Å². The van der Waals surface area contributed by atoms with Gasteiger partial charge in [-0.05, 0) is 87.0 Å². The number of nitrogens with one attached hydrogen (secondary N) is 1. The van der Waals surface area contributed by atoms with E-state index in [1.165, 1.54) is 38.5 Å². The Bertz CT molecular complexity index is 964. The Balaban J connectivity index is 1.16. The van der Waals surface area contributed by atoms with Crippen molar-refractivity contribution in [2.45, 2.75) is 56.8 Å². The molecule has 2 heterocycles. The zero-order chi connectivity index (χ0) is 20.3. The molecule has 1 N–H and O–H groups in total. The van der Waals surface area contributed by atoms with E-state index in [1.807, 2.05) is 12.1 Å². The highest BCUT2D eigenvalue weighted by molar-refractivity contribution is 7.15. The van der Waals surface area contributed by atoms with Gasteiger partial charge in [-0.3, -0.25) is 14.9 Å². The number of carbonyl (C=O) groups excluding carboxylic acids is 2. The van der Waals surface area contributed by atoms with Crippen LogP contribution in [0.1, 0.15) is 66.7 Å². The molecule has 1 aliphatic heterocycles. The van der Waals surface area contributed by atoms with Gasteiger partial charge in [-0.2, -0.15) is 0 Å². The molecule has 4 bridgehead atoms. The molecule has 1 aromatic heterocycles. The van der Waals surface area contributed by atoms with Crippen LogP contribution in [-0.2, 0) is 10.2 Å². The van der Waals surface area contributed by atoms with Gasteiger partial charge in [0.1, 0.15) is 5.01 Å². The van der Waals surface area contributed by atoms with Crippen LogP contribution in [-0.4, -0.2) is 28.6 Å². The van der Waals surface area contributed by atoms with Crippen molar-refractivity contribution >= 4 is 34.0 Å². The third-order valence-corrected chi connectivity index (χ3v) is 8.74. The van der Waals surface area contributed by atoms with Crippen molar-refractivity contribution in [2.75, 3.05) is 16.8 Å². The van der Waals surface area contributed by atoms with Gasteiger partial charge in [-0.1, -0.05) is 11.3 Å². The van der Waals surface area contributed by atoms with Crippen molar-refractivity contribution in [1.82, 2.24) is 10.2 Å². The molecule has 7 rings (SSSR count). The van der Waals surface area contributed by atoms with E-state index in [0.29, 0.717) is 17.1 Å². The van der Waals surface area contributed by atoms with Crippen LogP contribution in [0.5, 0.6) is 0 Å². The van der Waals surface area contributed by atoms with E-state index in [2.05, 4.69) is 15.5 Å². The van der Waals surface area contributed by atoms with Gasteiger partial charge in [0.05, 0.1) is 0 Å². The van der Waals surface area contributed by atoms with Gasteiger partial charge in [-0.25, -0.2) is 0 Å². The number of aromatic nitrogens is 2. The summed E-state index contributed by atoms with van der Waals surface area (Å²) in [6.07, 6.45) is 9.45. The zero-order valence-corrected chi connectivity index (χ0v) is 17.8. The van der Waals surface area contributed by atoms with E-state index >= 15 is 0 Å². The maximum atomic E-state index is 12.7. The number of amides is 2. The maximum absolute atomic E-state index is 12.7. The highest BCUT2D eigenvalue weighted by Crippen LogP contribution is 2.61. The summed E-state index contributed by atoms with van der Waals surface area (Å²) in [7, 11) is 0. The summed E-state index contributed by atoms with van der Waals surface area (Å²) >= 11 is 1.56. The molecule has 5 aliphatic rings. The van der Waals surface area contributed by atoms with Crippen molar-refractivity contribution in [3.8, 4) is 0 Å². The van der Waals surface area contributed by atoms with E-state index in [4.69, 9.17) is 0 Å². The number of hydrogen-bond donors (Lipinski definition) is 1. The SMILES string of the molecule is O=C(Nc1nnc(C23CC4CC(CC(C4)C2)C3)s1)c1ccc(N2CCCC2=O)cc1. The van der Waals surface area contributed by atoms with Crippen molar-refractivity contribution < 1.29 is 9.59 Å². The van der Waals surface area contributed by atoms with Crippen LogP contribution in [0, 0.1) is 17.8 Å². The first kappa shape index (κ1) is 18.5. The first-order valence-corrected chi connectivity index (χ1v) is 12.0. The van der Waals surface area contributed by atoms with Crippen LogP contribution >= 0.6 is 11.3 Å². The predicted molar refractivity (Wildman–Crippen MR) is 116 cm³/mol. The van der Waals surface area contributed by atoms with Gasteiger partial charge in [0.2, 0.25) is 11.0 Å². The normalized spacial score (nSPS) is 32.1. The van der Waals surface area contributed by atoms with E-state index in [-0.39, 0.29) is 17.2 Å². The summed E-state index contributed by atoms with van der Waals surface area (Å²) in [6, 6.07) is 7.24. The predicted octanol–water partition coefficient (Wildman–Crippen LogP) is 4.39. The number of benzene rings is 1. The Morgan fingerprint density at radius 2 is 1.70 bits per heavy atom. The Kier molecular flexibility index (Phi) is 4.23. The average Bonchev–Trinajstić information content (AvgIpc) is 3.36. The molecule has 1 aromatic carbocycles. The molecule has 5 fully saturated rings. The molecular formula is C23H26N4O2S. The van der Waals surface area contributed by atoms with Gasteiger partial charge in [0.15, 0.2) is 0 Å². The Morgan fingerprint density at radius 1 is 1.03 bits per heavy atom. The van der Waals surface area contributed by atoms with E-state index < -0.39 is 0 Å². The first-order chi connectivity index (χ1) is 14.6. The molecule has 7 heteroatoms. The topological polar surface area (TPSA) is 75.2 Å². The van der Waals surface area contributed by atoms with Gasteiger partial charge in [-0.15, -0.1) is 10.2 Å². The standard InChI is InChI=1S/C23H26N4O2S/c28-19-2-1-7-27(19)18-5-3-17(4-6-18)20(29)24-22-26-25-21(30-22)23-11-14-8-15(12-23)10-16(9-14)13-23/h3-6,14-16H,1-2,7-13H2,(H,24,26,29). The van der Waals surface area contributed by atoms with Crippen molar-refractivity contribution in [3.63, 3.8) is 0 Å². The fraction of sp³-hybridized carbons (Fsp3) is 0.565. The summed E-state index contributed by atoms with van der Waals surface area (Å²) < 4.78 is 0. The minimum atomic E-state index is -0.178. The molecule has 0 radical (unpaired) electrons. The summed E-state index contributed by atoms with van der Waals surface area (Å²) in [5.41, 5.74) is 1.63. The number of hydrogen-bond acceptors (Lipinski definition) is 5. The monoisotopic (exact) mass is 422 g/mol. The molecular weight excluding hydrogens is 396 g/mol. The Labute approximate surface area is 180 Å². The van der Waals surface area contributed by atoms with Crippen LogP contribution in [0.2, 0.25) is 0 Å². The van der Waals surface area contributed by atoms with Crippen LogP contribution in [0.3, 0.4) is 0 Å². The lowest BCUT2D eigenvalue weighted by atomic mass is 9.50. The fourth-order valence-electron chi connectivity index (χ4n) is 6.74. The summed E-state index contributed by atoms with van der Waals surface area (Å²) in [4.78, 5) is 26.4. The van der Waals surface area contributed by atoms with Crippen LogP contribution in [0.15, 0.2) is 24.3 Å². The lowest BCUT2D eigenvalue weighted by molar-refractivity contribution is -0.117. The molecule has 0 unspecified atom stereocenters. The maximum Gasteiger partial charge on any atom is 0.257 e. The van der Waals surface area contributed by atoms with Crippen molar-refractivity contribution in [1.29, 1.82) is 0 Å². The van der Waals surface area contributed by atoms with Crippen molar-refractivity contribution in [2.24, 2.45) is 17.8 Å². The first-order valence-electron chi connectivity index (χ1n) is 11.1. The molecule has 2 amide bonds. The second kappa shape index (κ2) is 6.87. The smallest absolute Gasteiger partial charge is 0.257 e. The summed E-state index contributed by atoms with van der Waals surface area (Å²) in [5, 5.41) is 13.5. The molecule has 4 saturated carbocycles. The lowest BCUT2D eigenvalue weighted by Gasteiger charge is -2.55. The summed E-state index contributed by atoms with van der Waals surface area (Å²) in [5.74, 6) is 2.55. The lowest BCUT2D eigenvalue weighted by Crippen LogP contribution is -2.48. The summed E-state index contributed by atoms with van der Waals surface area (Å²) in [6.45, 7) is 0.752. The molecule has 4 aliphatic carbocycles. The second-order valence-electron chi connectivity index (χ2n) is 9.76. The molecule has 1 saturated heterocycles. The number of rotatable bonds is 4. The highest BCUT2D eigenvalue weighted by Gasteiger charge is 2.53. The third-order valence-electron chi connectivity index (χ3n) is 7.65.